The molecule has 0 amide bonds. The third kappa shape index (κ3) is 3.35. The summed E-state index contributed by atoms with van der Waals surface area (Å²) in [5.41, 5.74) is 2.97. The fourth-order valence-corrected chi connectivity index (χ4v) is 3.25. The number of aromatic nitrogens is 2. The van der Waals surface area contributed by atoms with E-state index in [2.05, 4.69) is 33.0 Å². The van der Waals surface area contributed by atoms with E-state index in [1.165, 1.54) is 0 Å². The molecular weight excluding hydrogens is 396 g/mol. The summed E-state index contributed by atoms with van der Waals surface area (Å²) in [6.07, 6.45) is 0.838. The molecule has 0 saturated heterocycles. The second-order valence-electron chi connectivity index (χ2n) is 4.16. The van der Waals surface area contributed by atoms with Crippen molar-refractivity contribution in [3.8, 4) is 0 Å². The van der Waals surface area contributed by atoms with E-state index in [0.717, 1.165) is 37.1 Å². The van der Waals surface area contributed by atoms with Crippen LogP contribution >= 0.6 is 45.8 Å². The zero-order valence-corrected chi connectivity index (χ0v) is 14.3. The molecule has 2 rings (SSSR count). The van der Waals surface area contributed by atoms with Crippen molar-refractivity contribution in [2.45, 2.75) is 19.9 Å². The van der Waals surface area contributed by atoms with E-state index in [9.17, 15) is 0 Å². The summed E-state index contributed by atoms with van der Waals surface area (Å²) < 4.78 is 2.91. The van der Waals surface area contributed by atoms with Crippen LogP contribution in [0, 0.1) is 3.57 Å². The number of nitrogens with zero attached hydrogens (tertiary/aromatic N) is 2. The van der Waals surface area contributed by atoms with Crippen molar-refractivity contribution in [3.63, 3.8) is 0 Å². The highest BCUT2D eigenvalue weighted by Gasteiger charge is 2.12. The number of aryl methyl sites for hydroxylation is 2. The van der Waals surface area contributed by atoms with Gasteiger partial charge in [0.15, 0.2) is 0 Å². The first-order chi connectivity index (χ1) is 9.02. The van der Waals surface area contributed by atoms with Gasteiger partial charge in [0.05, 0.1) is 23.0 Å². The molecule has 0 saturated carbocycles. The van der Waals surface area contributed by atoms with Gasteiger partial charge in [-0.15, -0.1) is 0 Å². The van der Waals surface area contributed by atoms with Gasteiger partial charge in [-0.2, -0.15) is 5.10 Å². The Morgan fingerprint density at radius 2 is 2.11 bits per heavy atom. The molecule has 1 heterocycles. The summed E-state index contributed by atoms with van der Waals surface area (Å²) >= 11 is 14.5. The van der Waals surface area contributed by atoms with E-state index in [1.807, 2.05) is 36.9 Å². The first-order valence-corrected chi connectivity index (χ1v) is 7.75. The zero-order valence-electron chi connectivity index (χ0n) is 10.7. The summed E-state index contributed by atoms with van der Waals surface area (Å²) in [5.74, 6) is 0. The fraction of sp³-hybridized carbons (Fsp3) is 0.308. The van der Waals surface area contributed by atoms with Gasteiger partial charge in [0.25, 0.3) is 0 Å². The molecule has 1 aromatic heterocycles. The van der Waals surface area contributed by atoms with Gasteiger partial charge in [0.2, 0.25) is 0 Å². The van der Waals surface area contributed by atoms with Crippen molar-refractivity contribution >= 4 is 51.5 Å². The molecule has 0 bridgehead atoms. The van der Waals surface area contributed by atoms with Crippen molar-refractivity contribution in [2.75, 3.05) is 5.32 Å². The van der Waals surface area contributed by atoms with Gasteiger partial charge in [-0.1, -0.05) is 30.1 Å². The van der Waals surface area contributed by atoms with Gasteiger partial charge in [-0.25, -0.2) is 0 Å². The van der Waals surface area contributed by atoms with E-state index < -0.39 is 0 Å². The quantitative estimate of drug-likeness (QED) is 0.753. The molecule has 102 valence electrons. The molecule has 0 aliphatic carbocycles. The molecule has 0 radical (unpaired) electrons. The highest BCUT2D eigenvalue weighted by atomic mass is 127. The Kier molecular flexibility index (Phi) is 4.97. The minimum atomic E-state index is 0.639. The Hall–Kier alpha value is -0.460. The lowest BCUT2D eigenvalue weighted by Crippen LogP contribution is -2.06. The Bertz CT molecular complexity index is 596. The van der Waals surface area contributed by atoms with Crippen LogP contribution in [-0.4, -0.2) is 9.78 Å². The van der Waals surface area contributed by atoms with Gasteiger partial charge in [0, 0.05) is 21.3 Å². The Morgan fingerprint density at radius 3 is 2.68 bits per heavy atom. The summed E-state index contributed by atoms with van der Waals surface area (Å²) in [6.45, 7) is 2.69. The third-order valence-corrected chi connectivity index (χ3v) is 4.44. The molecule has 6 heteroatoms. The molecule has 2 aromatic rings. The van der Waals surface area contributed by atoms with Crippen molar-refractivity contribution in [3.05, 3.63) is 43.2 Å². The smallest absolute Gasteiger partial charge is 0.0868 e. The second kappa shape index (κ2) is 6.33. The minimum absolute atomic E-state index is 0.639. The zero-order chi connectivity index (χ0) is 14.0. The van der Waals surface area contributed by atoms with Gasteiger partial charge < -0.3 is 5.32 Å². The SMILES string of the molecule is CCc1nn(C)c(CNc2ccc(Cl)cc2I)c1Cl. The van der Waals surface area contributed by atoms with Gasteiger partial charge in [-0.05, 0) is 47.2 Å². The number of rotatable bonds is 4. The van der Waals surface area contributed by atoms with Crippen LogP contribution in [0.4, 0.5) is 5.69 Å². The lowest BCUT2D eigenvalue weighted by molar-refractivity contribution is 0.707. The first-order valence-electron chi connectivity index (χ1n) is 5.92. The Labute approximate surface area is 136 Å². The van der Waals surface area contributed by atoms with Crippen LogP contribution in [0.1, 0.15) is 18.3 Å². The predicted molar refractivity (Wildman–Crippen MR) is 89.1 cm³/mol. The summed E-state index contributed by atoms with van der Waals surface area (Å²) in [4.78, 5) is 0. The Morgan fingerprint density at radius 1 is 1.37 bits per heavy atom. The molecule has 0 aliphatic rings. The number of anilines is 1. The molecule has 3 nitrogen and oxygen atoms in total. The molecule has 1 aromatic carbocycles. The van der Waals surface area contributed by atoms with Crippen molar-refractivity contribution < 1.29 is 0 Å². The van der Waals surface area contributed by atoms with Crippen molar-refractivity contribution in [1.29, 1.82) is 0 Å². The van der Waals surface area contributed by atoms with Crippen LogP contribution in [0.3, 0.4) is 0 Å². The molecule has 0 spiro atoms. The average Bonchev–Trinajstić information content (AvgIpc) is 2.64. The average molecular weight is 410 g/mol. The van der Waals surface area contributed by atoms with E-state index in [4.69, 9.17) is 23.2 Å². The van der Waals surface area contributed by atoms with E-state index in [0.29, 0.717) is 6.54 Å². The monoisotopic (exact) mass is 409 g/mol. The standard InChI is InChI=1S/C13H14Cl2IN3/c1-3-10-13(15)12(19(2)18-10)7-17-11-5-4-8(14)6-9(11)16/h4-6,17H,3,7H2,1-2H3. The predicted octanol–water partition coefficient (Wildman–Crippen LogP) is 4.51. The van der Waals surface area contributed by atoms with Gasteiger partial charge in [0.1, 0.15) is 0 Å². The van der Waals surface area contributed by atoms with Gasteiger partial charge >= 0.3 is 0 Å². The van der Waals surface area contributed by atoms with Gasteiger partial charge in [-0.3, -0.25) is 4.68 Å². The number of hydrogen-bond acceptors (Lipinski definition) is 2. The number of benzene rings is 1. The lowest BCUT2D eigenvalue weighted by Gasteiger charge is -2.09. The highest BCUT2D eigenvalue weighted by molar-refractivity contribution is 14.1. The second-order valence-corrected chi connectivity index (χ2v) is 6.14. The van der Waals surface area contributed by atoms with Crippen LogP contribution in [0.2, 0.25) is 10.0 Å². The summed E-state index contributed by atoms with van der Waals surface area (Å²) in [6, 6.07) is 5.76. The largest absolute Gasteiger partial charge is 0.378 e. The van der Waals surface area contributed by atoms with E-state index in [-0.39, 0.29) is 0 Å². The Balaban J connectivity index is 2.16. The molecule has 0 fully saturated rings. The molecular formula is C13H14Cl2IN3. The highest BCUT2D eigenvalue weighted by Crippen LogP contribution is 2.25. The first kappa shape index (κ1) is 14.9. The van der Waals surface area contributed by atoms with Crippen LogP contribution in [-0.2, 0) is 20.0 Å². The normalized spacial score (nSPS) is 10.8. The lowest BCUT2D eigenvalue weighted by atomic mass is 10.3. The van der Waals surface area contributed by atoms with Crippen LogP contribution in [0.5, 0.6) is 0 Å². The maximum Gasteiger partial charge on any atom is 0.0868 e. The molecule has 19 heavy (non-hydrogen) atoms. The molecule has 0 unspecified atom stereocenters. The third-order valence-electron chi connectivity index (χ3n) is 2.88. The van der Waals surface area contributed by atoms with Crippen LogP contribution in [0.15, 0.2) is 18.2 Å². The molecule has 0 aliphatic heterocycles. The molecule has 0 atom stereocenters. The summed E-state index contributed by atoms with van der Waals surface area (Å²) in [5, 5.41) is 9.25. The minimum Gasteiger partial charge on any atom is -0.378 e. The topological polar surface area (TPSA) is 29.9 Å². The summed E-state index contributed by atoms with van der Waals surface area (Å²) in [7, 11) is 1.91. The van der Waals surface area contributed by atoms with E-state index >= 15 is 0 Å². The maximum atomic E-state index is 6.31. The molecule has 1 N–H and O–H groups in total. The van der Waals surface area contributed by atoms with Crippen molar-refractivity contribution in [1.82, 2.24) is 9.78 Å². The van der Waals surface area contributed by atoms with E-state index in [1.54, 1.807) is 0 Å². The van der Waals surface area contributed by atoms with Crippen molar-refractivity contribution in [2.24, 2.45) is 7.05 Å². The number of nitrogens with one attached hydrogen (secondary N) is 1. The number of hydrogen-bond donors (Lipinski definition) is 1. The van der Waals surface area contributed by atoms with Crippen LogP contribution in [0.25, 0.3) is 0 Å². The van der Waals surface area contributed by atoms with Crippen LogP contribution < -0.4 is 5.32 Å². The maximum absolute atomic E-state index is 6.31. The fourth-order valence-electron chi connectivity index (χ4n) is 1.82. The number of halogens is 3.